The van der Waals surface area contributed by atoms with Crippen molar-refractivity contribution >= 4 is 5.97 Å². The molecule has 3 atom stereocenters. The Morgan fingerprint density at radius 1 is 1.73 bits per heavy atom. The van der Waals surface area contributed by atoms with Gasteiger partial charge in [0.15, 0.2) is 6.10 Å². The topological polar surface area (TPSA) is 55.8 Å². The van der Waals surface area contributed by atoms with Crippen LogP contribution < -0.4 is 0 Å². The zero-order chi connectivity index (χ0) is 8.43. The van der Waals surface area contributed by atoms with Crippen LogP contribution in [0.5, 0.6) is 0 Å². The Bertz CT molecular complexity index is 157. The molecule has 0 spiro atoms. The number of rotatable bonds is 2. The second-order valence-electron chi connectivity index (χ2n) is 2.71. The first kappa shape index (κ1) is 8.49. The molecule has 1 aliphatic rings. The molecule has 1 N–H and O–H groups in total. The van der Waals surface area contributed by atoms with Gasteiger partial charge in [0, 0.05) is 7.11 Å². The van der Waals surface area contributed by atoms with Crippen molar-refractivity contribution in [3.8, 4) is 0 Å². The number of ether oxygens (including phenoxy) is 2. The fraction of sp³-hybridized carbons (Fsp3) is 0.857. The fourth-order valence-electron chi connectivity index (χ4n) is 1.08. The van der Waals surface area contributed by atoms with E-state index in [1.165, 1.54) is 7.11 Å². The number of carbonyl (C=O) groups is 1. The molecule has 0 unspecified atom stereocenters. The minimum atomic E-state index is -0.720. The van der Waals surface area contributed by atoms with E-state index in [1.54, 1.807) is 6.92 Å². The van der Waals surface area contributed by atoms with Crippen molar-refractivity contribution in [2.75, 3.05) is 13.7 Å². The zero-order valence-electron chi connectivity index (χ0n) is 6.61. The molecule has 4 heteroatoms. The van der Waals surface area contributed by atoms with Gasteiger partial charge in [0.1, 0.15) is 6.10 Å². The molecule has 0 aromatic heterocycles. The van der Waals surface area contributed by atoms with E-state index in [2.05, 4.69) is 0 Å². The zero-order valence-corrected chi connectivity index (χ0v) is 6.61. The predicted octanol–water partition coefficient (Wildman–Crippen LogP) is -0.445. The number of hydrogen-bond donors (Lipinski definition) is 1. The van der Waals surface area contributed by atoms with Crippen LogP contribution in [0.25, 0.3) is 0 Å². The van der Waals surface area contributed by atoms with Crippen molar-refractivity contribution in [1.29, 1.82) is 0 Å². The molecule has 0 amide bonds. The second kappa shape index (κ2) is 3.19. The number of carbonyl (C=O) groups excluding carboxylic acids is 1. The highest BCUT2D eigenvalue weighted by Gasteiger charge is 2.40. The summed E-state index contributed by atoms with van der Waals surface area (Å²) in [5.41, 5.74) is 0. The van der Waals surface area contributed by atoms with Crippen LogP contribution in [-0.4, -0.2) is 37.0 Å². The third-order valence-electron chi connectivity index (χ3n) is 1.86. The molecule has 1 fully saturated rings. The molecule has 0 aromatic rings. The van der Waals surface area contributed by atoms with Gasteiger partial charge in [-0.1, -0.05) is 0 Å². The standard InChI is InChI=1S/C7H12O4/c1-4-6(8)5(3-10-2)11-7(4)9/h4-6,8H,3H2,1-2H3/t4-,5+,6-/m0/s1. The molecule has 1 saturated heterocycles. The normalized spacial score (nSPS) is 37.4. The number of hydrogen-bond acceptors (Lipinski definition) is 4. The van der Waals surface area contributed by atoms with Crippen LogP contribution in [0.2, 0.25) is 0 Å². The largest absolute Gasteiger partial charge is 0.457 e. The van der Waals surface area contributed by atoms with Gasteiger partial charge in [0.2, 0.25) is 0 Å². The number of methoxy groups -OCH3 is 1. The second-order valence-corrected chi connectivity index (χ2v) is 2.71. The lowest BCUT2D eigenvalue weighted by atomic mass is 10.0. The van der Waals surface area contributed by atoms with Crippen LogP contribution in [0, 0.1) is 5.92 Å². The first-order chi connectivity index (χ1) is 5.16. The van der Waals surface area contributed by atoms with E-state index in [9.17, 15) is 9.90 Å². The van der Waals surface area contributed by atoms with Crippen LogP contribution in [0.3, 0.4) is 0 Å². The highest BCUT2D eigenvalue weighted by Crippen LogP contribution is 2.21. The van der Waals surface area contributed by atoms with E-state index in [0.717, 1.165) is 0 Å². The van der Waals surface area contributed by atoms with Gasteiger partial charge in [-0.3, -0.25) is 4.79 Å². The summed E-state index contributed by atoms with van der Waals surface area (Å²) in [7, 11) is 1.50. The molecule has 0 radical (unpaired) electrons. The highest BCUT2D eigenvalue weighted by atomic mass is 16.6. The van der Waals surface area contributed by atoms with Crippen LogP contribution in [-0.2, 0) is 14.3 Å². The Hall–Kier alpha value is -0.610. The minimum absolute atomic E-state index is 0.261. The summed E-state index contributed by atoms with van der Waals surface area (Å²) in [6.07, 6.45) is -1.20. The molecule has 0 aromatic carbocycles. The molecule has 0 aliphatic carbocycles. The smallest absolute Gasteiger partial charge is 0.311 e. The molecular formula is C7H12O4. The van der Waals surface area contributed by atoms with Crippen LogP contribution in [0.4, 0.5) is 0 Å². The SMILES string of the molecule is COC[C@H]1OC(=O)[C@@H](C)[C@@H]1O. The van der Waals surface area contributed by atoms with E-state index in [0.29, 0.717) is 0 Å². The number of aliphatic hydroxyl groups is 1. The Labute approximate surface area is 65.1 Å². The lowest BCUT2D eigenvalue weighted by Crippen LogP contribution is -2.28. The molecule has 11 heavy (non-hydrogen) atoms. The van der Waals surface area contributed by atoms with Crippen molar-refractivity contribution in [3.05, 3.63) is 0 Å². The summed E-state index contributed by atoms with van der Waals surface area (Å²) in [6.45, 7) is 1.90. The maximum absolute atomic E-state index is 10.8. The summed E-state index contributed by atoms with van der Waals surface area (Å²) >= 11 is 0. The molecule has 1 heterocycles. The van der Waals surface area contributed by atoms with Crippen LogP contribution in [0.15, 0.2) is 0 Å². The average Bonchev–Trinajstić information content (AvgIpc) is 2.19. The maximum Gasteiger partial charge on any atom is 0.311 e. The summed E-state index contributed by atoms with van der Waals surface area (Å²) in [5, 5.41) is 9.33. The van der Waals surface area contributed by atoms with Crippen molar-refractivity contribution in [2.24, 2.45) is 5.92 Å². The fourth-order valence-corrected chi connectivity index (χ4v) is 1.08. The number of esters is 1. The summed E-state index contributed by atoms with van der Waals surface area (Å²) < 4.78 is 9.57. The van der Waals surface area contributed by atoms with Crippen molar-refractivity contribution < 1.29 is 19.4 Å². The first-order valence-corrected chi connectivity index (χ1v) is 3.54. The van der Waals surface area contributed by atoms with Gasteiger partial charge >= 0.3 is 5.97 Å². The van der Waals surface area contributed by atoms with E-state index < -0.39 is 18.1 Å². The average molecular weight is 160 g/mol. The maximum atomic E-state index is 10.8. The van der Waals surface area contributed by atoms with Gasteiger partial charge in [0.25, 0.3) is 0 Å². The molecule has 0 bridgehead atoms. The van der Waals surface area contributed by atoms with Gasteiger partial charge in [-0.05, 0) is 6.92 Å². The Kier molecular flexibility index (Phi) is 2.46. The van der Waals surface area contributed by atoms with Crippen molar-refractivity contribution in [3.63, 3.8) is 0 Å². The molecule has 64 valence electrons. The molecular weight excluding hydrogens is 148 g/mol. The number of cyclic esters (lactones) is 1. The predicted molar refractivity (Wildman–Crippen MR) is 36.9 cm³/mol. The Morgan fingerprint density at radius 2 is 2.36 bits per heavy atom. The van der Waals surface area contributed by atoms with Crippen LogP contribution >= 0.6 is 0 Å². The van der Waals surface area contributed by atoms with Crippen molar-refractivity contribution in [2.45, 2.75) is 19.1 Å². The lowest BCUT2D eigenvalue weighted by Gasteiger charge is -2.11. The Morgan fingerprint density at radius 3 is 2.73 bits per heavy atom. The van der Waals surface area contributed by atoms with E-state index in [-0.39, 0.29) is 12.6 Å². The van der Waals surface area contributed by atoms with Crippen LogP contribution in [0.1, 0.15) is 6.92 Å². The third kappa shape index (κ3) is 1.52. The van der Waals surface area contributed by atoms with Gasteiger partial charge < -0.3 is 14.6 Å². The third-order valence-corrected chi connectivity index (χ3v) is 1.86. The van der Waals surface area contributed by atoms with Crippen molar-refractivity contribution in [1.82, 2.24) is 0 Å². The molecule has 0 saturated carbocycles. The van der Waals surface area contributed by atoms with E-state index in [1.807, 2.05) is 0 Å². The van der Waals surface area contributed by atoms with Gasteiger partial charge in [-0.15, -0.1) is 0 Å². The monoisotopic (exact) mass is 160 g/mol. The molecule has 1 aliphatic heterocycles. The highest BCUT2D eigenvalue weighted by molar-refractivity contribution is 5.75. The van der Waals surface area contributed by atoms with Gasteiger partial charge in [-0.25, -0.2) is 0 Å². The summed E-state index contributed by atoms with van der Waals surface area (Å²) in [5.74, 6) is -0.769. The first-order valence-electron chi connectivity index (χ1n) is 3.54. The van der Waals surface area contributed by atoms with Gasteiger partial charge in [-0.2, -0.15) is 0 Å². The van der Waals surface area contributed by atoms with E-state index in [4.69, 9.17) is 9.47 Å². The molecule has 1 rings (SSSR count). The quantitative estimate of drug-likeness (QED) is 0.556. The minimum Gasteiger partial charge on any atom is -0.457 e. The number of aliphatic hydroxyl groups excluding tert-OH is 1. The summed E-state index contributed by atoms with van der Waals surface area (Å²) in [6, 6.07) is 0. The molecule has 4 nitrogen and oxygen atoms in total. The van der Waals surface area contributed by atoms with E-state index >= 15 is 0 Å². The van der Waals surface area contributed by atoms with Gasteiger partial charge in [0.05, 0.1) is 12.5 Å². The summed E-state index contributed by atoms with van der Waals surface area (Å²) in [4.78, 5) is 10.8. The lowest BCUT2D eigenvalue weighted by molar-refractivity contribution is -0.145. The Balaban J connectivity index is 2.52.